The number of quaternary nitrogens is 1. The molecule has 4 aromatic rings. The standard InChI is InChI=1S/C31H31N3O3/c35-31(33-29(24-15-16-24)22-9-3-1-4-10-22)28-25-13-7-8-14-27(25)32-30(23-11-5-2-6-12-23)26(28)21-34(36)17-19-37-20-18-34/h1-14,24,29,36H,15-21H2/p+1. The Bertz CT molecular complexity index is 1400. The fraction of sp³-hybridized carbons (Fsp3) is 0.290. The van der Waals surface area contributed by atoms with E-state index in [0.29, 0.717) is 37.8 Å². The number of fused-ring (bicyclic) bond motifs is 1. The van der Waals surface area contributed by atoms with Gasteiger partial charge in [0.15, 0.2) is 0 Å². The van der Waals surface area contributed by atoms with Crippen LogP contribution in [0.4, 0.5) is 0 Å². The zero-order valence-corrected chi connectivity index (χ0v) is 20.8. The molecule has 6 nitrogen and oxygen atoms in total. The fourth-order valence-corrected chi connectivity index (χ4v) is 5.41. The van der Waals surface area contributed by atoms with Crippen molar-refractivity contribution in [3.8, 4) is 11.3 Å². The monoisotopic (exact) mass is 494 g/mol. The van der Waals surface area contributed by atoms with Crippen molar-refractivity contribution < 1.29 is 19.4 Å². The molecule has 6 heteroatoms. The molecule has 1 saturated carbocycles. The number of hydrogen-bond acceptors (Lipinski definition) is 4. The topological polar surface area (TPSA) is 71.5 Å². The lowest BCUT2D eigenvalue weighted by molar-refractivity contribution is -1.12. The molecular formula is C31H32N3O3+. The maximum atomic E-state index is 14.3. The van der Waals surface area contributed by atoms with Gasteiger partial charge in [-0.1, -0.05) is 78.9 Å². The maximum Gasteiger partial charge on any atom is 0.253 e. The first-order valence-electron chi connectivity index (χ1n) is 13.1. The van der Waals surface area contributed by atoms with Crippen LogP contribution in [-0.2, 0) is 11.3 Å². The van der Waals surface area contributed by atoms with Crippen molar-refractivity contribution in [1.82, 2.24) is 10.3 Å². The van der Waals surface area contributed by atoms with Crippen LogP contribution >= 0.6 is 0 Å². The van der Waals surface area contributed by atoms with Gasteiger partial charge in [0, 0.05) is 16.5 Å². The Kier molecular flexibility index (Phi) is 6.47. The van der Waals surface area contributed by atoms with Gasteiger partial charge in [-0.15, -0.1) is 0 Å². The molecule has 1 amide bonds. The number of amides is 1. The number of nitrogens with zero attached hydrogens (tertiary/aromatic N) is 2. The third kappa shape index (κ3) is 5.01. The Hall–Kier alpha value is -3.58. The van der Waals surface area contributed by atoms with Crippen LogP contribution < -0.4 is 5.32 Å². The van der Waals surface area contributed by atoms with Gasteiger partial charge >= 0.3 is 0 Å². The lowest BCUT2D eigenvalue weighted by Crippen LogP contribution is -2.52. The molecule has 2 N–H and O–H groups in total. The number of aromatic nitrogens is 1. The molecule has 37 heavy (non-hydrogen) atoms. The van der Waals surface area contributed by atoms with E-state index in [2.05, 4.69) is 17.4 Å². The third-order valence-corrected chi connectivity index (χ3v) is 7.56. The summed E-state index contributed by atoms with van der Waals surface area (Å²) in [6.07, 6.45) is 2.21. The van der Waals surface area contributed by atoms with Gasteiger partial charge in [0.1, 0.15) is 19.6 Å². The number of pyridine rings is 1. The van der Waals surface area contributed by atoms with Crippen molar-refractivity contribution in [3.05, 3.63) is 102 Å². The Morgan fingerprint density at radius 1 is 0.946 bits per heavy atom. The number of carbonyl (C=O) groups is 1. The van der Waals surface area contributed by atoms with Crippen LogP contribution in [0.1, 0.15) is 40.4 Å². The molecule has 1 aliphatic carbocycles. The summed E-state index contributed by atoms with van der Waals surface area (Å²) in [6, 6.07) is 27.9. The first kappa shape index (κ1) is 23.8. The summed E-state index contributed by atoms with van der Waals surface area (Å²) in [6.45, 7) is 2.19. The van der Waals surface area contributed by atoms with Crippen LogP contribution in [0.25, 0.3) is 22.2 Å². The first-order chi connectivity index (χ1) is 18.1. The molecule has 1 saturated heterocycles. The molecule has 2 fully saturated rings. The van der Waals surface area contributed by atoms with Gasteiger partial charge in [-0.05, 0) is 30.4 Å². The SMILES string of the molecule is O=C(NC(c1ccccc1)C1CC1)c1c(C[N+]2(O)CCOCC2)c(-c2ccccc2)nc2ccccc12. The van der Waals surface area contributed by atoms with E-state index >= 15 is 0 Å². The van der Waals surface area contributed by atoms with Crippen LogP contribution in [-0.4, -0.2) is 47.0 Å². The normalized spacial score (nSPS) is 17.9. The molecule has 3 aromatic carbocycles. The van der Waals surface area contributed by atoms with Crippen molar-refractivity contribution in [2.24, 2.45) is 5.92 Å². The minimum Gasteiger partial charge on any atom is -0.370 e. The molecule has 1 atom stereocenters. The molecule has 2 aliphatic rings. The summed E-state index contributed by atoms with van der Waals surface area (Å²) in [5, 5.41) is 15.7. The summed E-state index contributed by atoms with van der Waals surface area (Å²) in [5.74, 6) is 0.318. The Labute approximate surface area is 217 Å². The molecule has 1 unspecified atom stereocenters. The number of ether oxygens (including phenoxy) is 1. The summed E-state index contributed by atoms with van der Waals surface area (Å²) in [7, 11) is 0. The van der Waals surface area contributed by atoms with Gasteiger partial charge in [-0.25, -0.2) is 10.2 Å². The van der Waals surface area contributed by atoms with Crippen LogP contribution in [0.3, 0.4) is 0 Å². The molecule has 0 bridgehead atoms. The maximum absolute atomic E-state index is 14.3. The van der Waals surface area contributed by atoms with Crippen molar-refractivity contribution in [2.45, 2.75) is 25.4 Å². The zero-order chi connectivity index (χ0) is 25.2. The summed E-state index contributed by atoms with van der Waals surface area (Å²) in [4.78, 5) is 19.3. The molecule has 1 aromatic heterocycles. The van der Waals surface area contributed by atoms with Gasteiger partial charge in [-0.3, -0.25) is 4.79 Å². The predicted octanol–water partition coefficient (Wildman–Crippen LogP) is 5.52. The Morgan fingerprint density at radius 2 is 1.59 bits per heavy atom. The van der Waals surface area contributed by atoms with Gasteiger partial charge < -0.3 is 10.1 Å². The second-order valence-electron chi connectivity index (χ2n) is 10.2. The van der Waals surface area contributed by atoms with Crippen molar-refractivity contribution in [3.63, 3.8) is 0 Å². The first-order valence-corrected chi connectivity index (χ1v) is 13.1. The van der Waals surface area contributed by atoms with E-state index in [1.807, 2.05) is 72.8 Å². The van der Waals surface area contributed by atoms with Crippen molar-refractivity contribution in [1.29, 1.82) is 0 Å². The highest BCUT2D eigenvalue weighted by Gasteiger charge is 2.37. The van der Waals surface area contributed by atoms with Gasteiger partial charge in [0.05, 0.1) is 36.0 Å². The third-order valence-electron chi connectivity index (χ3n) is 7.56. The molecule has 188 valence electrons. The summed E-state index contributed by atoms with van der Waals surface area (Å²) < 4.78 is 5.35. The largest absolute Gasteiger partial charge is 0.370 e. The highest BCUT2D eigenvalue weighted by atomic mass is 16.6. The summed E-state index contributed by atoms with van der Waals surface area (Å²) in [5.41, 5.74) is 4.94. The molecule has 0 radical (unpaired) electrons. The quantitative estimate of drug-likeness (QED) is 0.332. The minimum absolute atomic E-state index is 0.0469. The molecule has 6 rings (SSSR count). The Balaban J connectivity index is 1.51. The number of para-hydroxylation sites is 1. The highest BCUT2D eigenvalue weighted by molar-refractivity contribution is 6.09. The van der Waals surface area contributed by atoms with Crippen molar-refractivity contribution >= 4 is 16.8 Å². The van der Waals surface area contributed by atoms with E-state index in [0.717, 1.165) is 46.1 Å². The second kappa shape index (κ2) is 10.1. The second-order valence-corrected chi connectivity index (χ2v) is 10.2. The lowest BCUT2D eigenvalue weighted by atomic mass is 9.94. The predicted molar refractivity (Wildman–Crippen MR) is 143 cm³/mol. The van der Waals surface area contributed by atoms with Crippen LogP contribution in [0.15, 0.2) is 84.9 Å². The number of benzene rings is 3. The van der Waals surface area contributed by atoms with E-state index in [1.54, 1.807) is 0 Å². The number of rotatable bonds is 7. The summed E-state index contributed by atoms with van der Waals surface area (Å²) >= 11 is 0. The number of nitrogens with one attached hydrogen (secondary N) is 1. The van der Waals surface area contributed by atoms with E-state index in [9.17, 15) is 10.0 Å². The van der Waals surface area contributed by atoms with Crippen molar-refractivity contribution in [2.75, 3.05) is 26.3 Å². The van der Waals surface area contributed by atoms with Crippen LogP contribution in [0.5, 0.6) is 0 Å². The number of carbonyl (C=O) groups excluding carboxylic acids is 1. The molecule has 1 aliphatic heterocycles. The van der Waals surface area contributed by atoms with Gasteiger partial charge in [0.2, 0.25) is 0 Å². The van der Waals surface area contributed by atoms with E-state index in [-0.39, 0.29) is 23.1 Å². The van der Waals surface area contributed by atoms with E-state index in [4.69, 9.17) is 9.72 Å². The van der Waals surface area contributed by atoms with Gasteiger partial charge in [-0.2, -0.15) is 4.65 Å². The smallest absolute Gasteiger partial charge is 0.253 e. The van der Waals surface area contributed by atoms with E-state index < -0.39 is 0 Å². The number of hydrogen-bond donors (Lipinski definition) is 2. The molecule has 0 spiro atoms. The average Bonchev–Trinajstić information content (AvgIpc) is 3.78. The highest BCUT2D eigenvalue weighted by Crippen LogP contribution is 2.41. The van der Waals surface area contributed by atoms with Crippen LogP contribution in [0, 0.1) is 5.92 Å². The van der Waals surface area contributed by atoms with Gasteiger partial charge in [0.25, 0.3) is 5.91 Å². The van der Waals surface area contributed by atoms with Crippen LogP contribution in [0.2, 0.25) is 0 Å². The minimum atomic E-state index is -0.176. The van der Waals surface area contributed by atoms with E-state index in [1.165, 1.54) is 0 Å². The number of morpholine rings is 1. The number of hydroxylamine groups is 3. The zero-order valence-electron chi connectivity index (χ0n) is 20.8. The Morgan fingerprint density at radius 3 is 2.30 bits per heavy atom. The average molecular weight is 495 g/mol. The molecule has 2 heterocycles. The molecular weight excluding hydrogens is 462 g/mol. The fourth-order valence-electron chi connectivity index (χ4n) is 5.41. The lowest BCUT2D eigenvalue weighted by Gasteiger charge is -2.34.